The third-order valence-electron chi connectivity index (χ3n) is 20.2. The third-order valence-corrected chi connectivity index (χ3v) is 21.4. The molecular formula is C81H72BN3S. The number of hydrogen-bond acceptors (Lipinski definition) is 4. The summed E-state index contributed by atoms with van der Waals surface area (Å²) in [4.78, 5) is 8.04. The van der Waals surface area contributed by atoms with Crippen molar-refractivity contribution in [1.82, 2.24) is 0 Å². The molecule has 86 heavy (non-hydrogen) atoms. The first-order valence-electron chi connectivity index (χ1n) is 31.1. The molecule has 3 nitrogen and oxygen atoms in total. The van der Waals surface area contributed by atoms with Gasteiger partial charge in [-0.25, -0.2) is 0 Å². The normalized spacial score (nSPS) is 15.9. The Balaban J connectivity index is 1.06. The number of rotatable bonds is 6. The maximum absolute atomic E-state index is 2.79. The fourth-order valence-electron chi connectivity index (χ4n) is 15.6. The summed E-state index contributed by atoms with van der Waals surface area (Å²) in [6.45, 7) is 23.5. The molecule has 420 valence electrons. The zero-order valence-corrected chi connectivity index (χ0v) is 52.0. The Bertz CT molecular complexity index is 4630. The summed E-state index contributed by atoms with van der Waals surface area (Å²) >= 11 is 1.95. The minimum atomic E-state index is -0.685. The van der Waals surface area contributed by atoms with Gasteiger partial charge >= 0.3 is 6.85 Å². The van der Waals surface area contributed by atoms with Crippen LogP contribution >= 0.6 is 11.3 Å². The van der Waals surface area contributed by atoms with Crippen molar-refractivity contribution in [2.75, 3.05) is 14.6 Å². The highest BCUT2D eigenvalue weighted by Crippen LogP contribution is 2.62. The molecule has 0 bridgehead atoms. The van der Waals surface area contributed by atoms with E-state index in [1.54, 1.807) is 0 Å². The summed E-state index contributed by atoms with van der Waals surface area (Å²) in [6.07, 6.45) is 2.29. The summed E-state index contributed by atoms with van der Waals surface area (Å²) in [5.74, 6) is 0. The Morgan fingerprint density at radius 2 is 1.02 bits per heavy atom. The van der Waals surface area contributed by atoms with Crippen molar-refractivity contribution in [1.29, 1.82) is 0 Å². The summed E-state index contributed by atoms with van der Waals surface area (Å²) in [5, 5.41) is 5.05. The van der Waals surface area contributed by atoms with E-state index in [9.17, 15) is 0 Å². The van der Waals surface area contributed by atoms with Crippen LogP contribution < -0.4 is 25.5 Å². The zero-order chi connectivity index (χ0) is 58.8. The summed E-state index contributed by atoms with van der Waals surface area (Å²) in [7, 11) is 0. The van der Waals surface area contributed by atoms with Crippen LogP contribution in [0.4, 0.5) is 45.5 Å². The molecule has 5 heteroatoms. The van der Waals surface area contributed by atoms with Crippen molar-refractivity contribution in [3.8, 4) is 11.1 Å². The second kappa shape index (κ2) is 18.7. The molecule has 4 heterocycles. The number of fused-ring (bicyclic) bond motifs is 12. The second-order valence-corrected chi connectivity index (χ2v) is 29.4. The van der Waals surface area contributed by atoms with Crippen molar-refractivity contribution in [3.05, 3.63) is 275 Å². The maximum Gasteiger partial charge on any atom is 0.333 e. The smallest absolute Gasteiger partial charge is 0.333 e. The molecule has 3 aliphatic heterocycles. The van der Waals surface area contributed by atoms with Crippen molar-refractivity contribution < 1.29 is 0 Å². The van der Waals surface area contributed by atoms with E-state index in [0.29, 0.717) is 0 Å². The second-order valence-electron chi connectivity index (χ2n) is 28.3. The van der Waals surface area contributed by atoms with E-state index < -0.39 is 5.41 Å². The molecule has 0 fully saturated rings. The molecule has 1 aliphatic carbocycles. The number of nitrogens with zero attached hydrogens (tertiary/aromatic N) is 3. The summed E-state index contributed by atoms with van der Waals surface area (Å²) in [6, 6.07) is 89.6. The molecule has 1 aromatic heterocycles. The van der Waals surface area contributed by atoms with Crippen LogP contribution in [-0.2, 0) is 27.1 Å². The van der Waals surface area contributed by atoms with Crippen molar-refractivity contribution in [2.45, 2.75) is 109 Å². The lowest BCUT2D eigenvalue weighted by Gasteiger charge is -2.52. The van der Waals surface area contributed by atoms with Gasteiger partial charge in [0.15, 0.2) is 0 Å². The van der Waals surface area contributed by atoms with Gasteiger partial charge in [0, 0.05) is 55.2 Å². The van der Waals surface area contributed by atoms with Gasteiger partial charge in [0.25, 0.3) is 0 Å². The van der Waals surface area contributed by atoms with Crippen LogP contribution in [0.3, 0.4) is 0 Å². The standard InChI is InChI=1S/C81H72BN3S/c1-77(2,3)53-32-36-57(37-33-53)83(58-38-34-54(35-39-58)78(4,5)6)59-40-42-61-63-50-64-62-28-19-20-31-72(62)86-76(64)75-73(63)82(85(70(61)49-59)60-41-43-65-67(48-60)80(9,10)45-44-79(65,7)8)69-30-21-29-66-74(69)84(75)71-47-52-23-18-17-22-51(52)46-68(71)81(66,55-24-13-11-14-25-55)56-26-15-12-16-27-56/h11-43,46-50H,44-45H2,1-10H3. The fourth-order valence-corrected chi connectivity index (χ4v) is 16.9. The van der Waals surface area contributed by atoms with E-state index in [1.165, 1.54) is 126 Å². The number of anilines is 8. The first kappa shape index (κ1) is 52.9. The first-order chi connectivity index (χ1) is 41.4. The van der Waals surface area contributed by atoms with Crippen LogP contribution in [0.2, 0.25) is 0 Å². The molecule has 0 radical (unpaired) electrons. The SMILES string of the molecule is CC(C)(C)c1ccc(N(c2ccc(C(C)(C)C)cc2)c2ccc3c(c2)N(c2ccc4c(c2)C(C)(C)CCC4(C)C)B2c4cccc5c4N(c4cc6ccccc6cc4C5(c4ccccc4)c4ccccc4)c4c2c-3cc2c4sc3ccccc32)cc1. The van der Waals surface area contributed by atoms with Gasteiger partial charge in [-0.05, 0) is 179 Å². The molecule has 0 unspecified atom stereocenters. The van der Waals surface area contributed by atoms with E-state index in [1.807, 2.05) is 11.3 Å². The molecular weight excluding hydrogens is 1060 g/mol. The summed E-state index contributed by atoms with van der Waals surface area (Å²) < 4.78 is 2.62. The van der Waals surface area contributed by atoms with E-state index in [2.05, 4.69) is 314 Å². The predicted molar refractivity (Wildman–Crippen MR) is 370 cm³/mol. The van der Waals surface area contributed by atoms with Gasteiger partial charge in [-0.3, -0.25) is 0 Å². The minimum Gasteiger partial charge on any atom is -0.376 e. The number of thiophene rings is 1. The average Bonchev–Trinajstić information content (AvgIpc) is 0.877. The largest absolute Gasteiger partial charge is 0.376 e. The van der Waals surface area contributed by atoms with E-state index in [-0.39, 0.29) is 28.5 Å². The number of para-hydroxylation sites is 1. The van der Waals surface area contributed by atoms with Gasteiger partial charge in [-0.15, -0.1) is 11.3 Å². The highest BCUT2D eigenvalue weighted by Gasteiger charge is 2.54. The van der Waals surface area contributed by atoms with E-state index >= 15 is 0 Å². The lowest BCUT2D eigenvalue weighted by atomic mass is 9.42. The van der Waals surface area contributed by atoms with Crippen LogP contribution in [-0.4, -0.2) is 6.85 Å². The predicted octanol–water partition coefficient (Wildman–Crippen LogP) is 21.0. The quantitative estimate of drug-likeness (QED) is 0.154. The molecule has 4 aliphatic rings. The topological polar surface area (TPSA) is 9.72 Å². The van der Waals surface area contributed by atoms with Crippen LogP contribution in [0.1, 0.15) is 127 Å². The number of benzene rings is 11. The van der Waals surface area contributed by atoms with Crippen molar-refractivity contribution >= 4 is 106 Å². The molecule has 0 saturated carbocycles. The van der Waals surface area contributed by atoms with Gasteiger partial charge in [0.05, 0.1) is 21.5 Å². The minimum absolute atomic E-state index is 0.0120. The Labute approximate surface area is 512 Å². The van der Waals surface area contributed by atoms with Crippen LogP contribution in [0.15, 0.2) is 231 Å². The number of hydrogen-bond donors (Lipinski definition) is 0. The molecule has 0 spiro atoms. The van der Waals surface area contributed by atoms with E-state index in [0.717, 1.165) is 29.9 Å². The Morgan fingerprint density at radius 3 is 1.66 bits per heavy atom. The Morgan fingerprint density at radius 1 is 0.442 bits per heavy atom. The molecule has 0 amide bonds. The van der Waals surface area contributed by atoms with Gasteiger partial charge < -0.3 is 14.6 Å². The van der Waals surface area contributed by atoms with Gasteiger partial charge in [-0.1, -0.05) is 227 Å². The molecule has 0 N–H and O–H groups in total. The Kier molecular flexibility index (Phi) is 11.5. The van der Waals surface area contributed by atoms with Crippen LogP contribution in [0.5, 0.6) is 0 Å². The third kappa shape index (κ3) is 7.72. The molecule has 12 aromatic rings. The fraction of sp³-hybridized carbons (Fsp3) is 0.210. The Hall–Kier alpha value is -8.64. The van der Waals surface area contributed by atoms with E-state index in [4.69, 9.17) is 0 Å². The van der Waals surface area contributed by atoms with Gasteiger partial charge in [0.1, 0.15) is 0 Å². The zero-order valence-electron chi connectivity index (χ0n) is 51.2. The van der Waals surface area contributed by atoms with Gasteiger partial charge in [0.2, 0.25) is 0 Å². The first-order valence-corrected chi connectivity index (χ1v) is 31.9. The monoisotopic (exact) mass is 1130 g/mol. The maximum atomic E-state index is 2.79. The highest BCUT2D eigenvalue weighted by molar-refractivity contribution is 7.26. The molecule has 11 aromatic carbocycles. The highest BCUT2D eigenvalue weighted by atomic mass is 32.1. The van der Waals surface area contributed by atoms with Gasteiger partial charge in [-0.2, -0.15) is 0 Å². The van der Waals surface area contributed by atoms with Crippen LogP contribution in [0.25, 0.3) is 42.1 Å². The average molecular weight is 1130 g/mol. The molecule has 0 atom stereocenters. The van der Waals surface area contributed by atoms with Crippen molar-refractivity contribution in [3.63, 3.8) is 0 Å². The lowest BCUT2D eigenvalue weighted by Crippen LogP contribution is -2.62. The van der Waals surface area contributed by atoms with Crippen molar-refractivity contribution in [2.24, 2.45) is 0 Å². The molecule has 16 rings (SSSR count). The molecule has 0 saturated heterocycles. The lowest BCUT2D eigenvalue weighted by molar-refractivity contribution is 0.332. The summed E-state index contributed by atoms with van der Waals surface area (Å²) in [5.41, 5.74) is 24.7. The van der Waals surface area contributed by atoms with Crippen LogP contribution in [0, 0.1) is 0 Å².